The van der Waals surface area contributed by atoms with Gasteiger partial charge in [-0.25, -0.2) is 8.78 Å². The Labute approximate surface area is 140 Å². The summed E-state index contributed by atoms with van der Waals surface area (Å²) >= 11 is 0. The highest BCUT2D eigenvalue weighted by atomic mass is 19.1. The minimum absolute atomic E-state index is 0.185. The van der Waals surface area contributed by atoms with Crippen LogP contribution in [0.3, 0.4) is 0 Å². The van der Waals surface area contributed by atoms with Gasteiger partial charge in [0.1, 0.15) is 11.6 Å². The van der Waals surface area contributed by atoms with Crippen LogP contribution in [0.2, 0.25) is 0 Å². The topological polar surface area (TPSA) is 61.8 Å². The lowest BCUT2D eigenvalue weighted by atomic mass is 10.1. The molecule has 0 saturated carbocycles. The molecule has 1 amide bonds. The molecule has 1 saturated heterocycles. The van der Waals surface area contributed by atoms with Gasteiger partial charge in [0.15, 0.2) is 0 Å². The lowest BCUT2D eigenvalue weighted by Crippen LogP contribution is -2.44. The zero-order valence-corrected chi connectivity index (χ0v) is 13.6. The van der Waals surface area contributed by atoms with E-state index in [1.54, 1.807) is 0 Å². The number of ether oxygens (including phenoxy) is 1. The third-order valence-corrected chi connectivity index (χ3v) is 3.97. The molecule has 1 heterocycles. The maximum absolute atomic E-state index is 13.5. The van der Waals surface area contributed by atoms with Crippen molar-refractivity contribution in [2.75, 3.05) is 39.4 Å². The summed E-state index contributed by atoms with van der Waals surface area (Å²) in [5, 5.41) is 12.6. The van der Waals surface area contributed by atoms with E-state index in [1.807, 2.05) is 0 Å². The van der Waals surface area contributed by atoms with Crippen molar-refractivity contribution < 1.29 is 23.4 Å². The van der Waals surface area contributed by atoms with Gasteiger partial charge in [-0.05, 0) is 36.6 Å². The maximum Gasteiger partial charge on any atom is 0.220 e. The van der Waals surface area contributed by atoms with Crippen molar-refractivity contribution in [2.24, 2.45) is 0 Å². The molecule has 1 atom stereocenters. The van der Waals surface area contributed by atoms with Crippen LogP contribution in [0.1, 0.15) is 18.4 Å². The number of nitrogens with zero attached hydrogens (tertiary/aromatic N) is 1. The van der Waals surface area contributed by atoms with Gasteiger partial charge >= 0.3 is 0 Å². The van der Waals surface area contributed by atoms with Crippen molar-refractivity contribution in [3.05, 3.63) is 35.4 Å². The van der Waals surface area contributed by atoms with Gasteiger partial charge in [0.2, 0.25) is 5.91 Å². The van der Waals surface area contributed by atoms with Gasteiger partial charge < -0.3 is 15.2 Å². The quantitative estimate of drug-likeness (QED) is 0.743. The van der Waals surface area contributed by atoms with E-state index >= 15 is 0 Å². The van der Waals surface area contributed by atoms with Gasteiger partial charge in [0.25, 0.3) is 0 Å². The molecule has 1 aromatic carbocycles. The molecular weight excluding hydrogens is 318 g/mol. The number of benzene rings is 1. The zero-order chi connectivity index (χ0) is 17.4. The van der Waals surface area contributed by atoms with E-state index in [4.69, 9.17) is 4.74 Å². The molecule has 24 heavy (non-hydrogen) atoms. The second kappa shape index (κ2) is 9.66. The van der Waals surface area contributed by atoms with Crippen molar-refractivity contribution in [3.63, 3.8) is 0 Å². The fourth-order valence-electron chi connectivity index (χ4n) is 2.64. The number of β-amino-alcohol motifs (C(OH)–C–C–N with tert-alkyl or cyclic N) is 1. The lowest BCUT2D eigenvalue weighted by Gasteiger charge is -2.28. The van der Waals surface area contributed by atoms with E-state index in [9.17, 15) is 18.7 Å². The monoisotopic (exact) mass is 342 g/mol. The summed E-state index contributed by atoms with van der Waals surface area (Å²) in [5.74, 6) is -1.15. The molecule has 0 aromatic heterocycles. The van der Waals surface area contributed by atoms with Crippen LogP contribution in [0.5, 0.6) is 0 Å². The summed E-state index contributed by atoms with van der Waals surface area (Å²) in [6.07, 6.45) is 0.298. The predicted molar refractivity (Wildman–Crippen MR) is 85.6 cm³/mol. The van der Waals surface area contributed by atoms with Gasteiger partial charge in [-0.1, -0.05) is 0 Å². The summed E-state index contributed by atoms with van der Waals surface area (Å²) in [6, 6.07) is 3.31. The number of halogens is 2. The molecule has 1 aromatic rings. The molecule has 2 rings (SSSR count). The smallest absolute Gasteiger partial charge is 0.220 e. The van der Waals surface area contributed by atoms with Gasteiger partial charge in [0, 0.05) is 32.6 Å². The van der Waals surface area contributed by atoms with Crippen LogP contribution >= 0.6 is 0 Å². The number of carbonyl (C=O) groups excluding carboxylic acids is 1. The first-order valence-electron chi connectivity index (χ1n) is 8.23. The van der Waals surface area contributed by atoms with Crippen LogP contribution < -0.4 is 5.32 Å². The number of hydrogen-bond donors (Lipinski definition) is 2. The minimum Gasteiger partial charge on any atom is -0.390 e. The highest BCUT2D eigenvalue weighted by Gasteiger charge is 2.15. The first kappa shape index (κ1) is 18.8. The highest BCUT2D eigenvalue weighted by molar-refractivity contribution is 5.75. The molecule has 1 unspecified atom stereocenters. The first-order valence-corrected chi connectivity index (χ1v) is 8.23. The highest BCUT2D eigenvalue weighted by Crippen LogP contribution is 2.12. The number of amides is 1. The van der Waals surface area contributed by atoms with Crippen molar-refractivity contribution in [3.8, 4) is 0 Å². The Balaban J connectivity index is 1.61. The lowest BCUT2D eigenvalue weighted by molar-refractivity contribution is -0.121. The molecule has 0 bridgehead atoms. The van der Waals surface area contributed by atoms with Gasteiger partial charge in [-0.2, -0.15) is 0 Å². The number of rotatable bonds is 8. The van der Waals surface area contributed by atoms with Crippen LogP contribution in [-0.4, -0.2) is 61.4 Å². The Bertz CT molecular complexity index is 537. The molecule has 1 fully saturated rings. The Morgan fingerprint density at radius 2 is 2.08 bits per heavy atom. The van der Waals surface area contributed by atoms with E-state index in [1.165, 1.54) is 0 Å². The molecule has 0 spiro atoms. The molecule has 0 radical (unpaired) electrons. The number of morpholine rings is 1. The number of nitrogens with one attached hydrogen (secondary N) is 1. The molecule has 0 aliphatic carbocycles. The van der Waals surface area contributed by atoms with E-state index in [0.717, 1.165) is 31.3 Å². The average molecular weight is 342 g/mol. The molecule has 2 N–H and O–H groups in total. The number of aryl methyl sites for hydroxylation is 1. The summed E-state index contributed by atoms with van der Waals surface area (Å²) in [5.41, 5.74) is 0.273. The summed E-state index contributed by atoms with van der Waals surface area (Å²) in [6.45, 7) is 3.57. The van der Waals surface area contributed by atoms with Gasteiger partial charge in [-0.15, -0.1) is 0 Å². The average Bonchev–Trinajstić information content (AvgIpc) is 2.57. The molecule has 1 aliphatic heterocycles. The van der Waals surface area contributed by atoms with Crippen molar-refractivity contribution in [1.29, 1.82) is 0 Å². The largest absolute Gasteiger partial charge is 0.390 e. The van der Waals surface area contributed by atoms with Crippen LogP contribution in [0, 0.1) is 11.6 Å². The van der Waals surface area contributed by atoms with Gasteiger partial charge in [-0.3, -0.25) is 9.69 Å². The molecule has 1 aliphatic rings. The summed E-state index contributed by atoms with van der Waals surface area (Å²) < 4.78 is 31.7. The third kappa shape index (κ3) is 6.51. The Morgan fingerprint density at radius 3 is 2.83 bits per heavy atom. The second-order valence-electron chi connectivity index (χ2n) is 5.96. The first-order chi connectivity index (χ1) is 11.5. The fourth-order valence-corrected chi connectivity index (χ4v) is 2.64. The Morgan fingerprint density at radius 1 is 1.33 bits per heavy atom. The summed E-state index contributed by atoms with van der Waals surface area (Å²) in [4.78, 5) is 13.8. The van der Waals surface area contributed by atoms with E-state index in [-0.39, 0.29) is 24.4 Å². The standard InChI is InChI=1S/C17H24F2N2O3/c18-14-4-5-16(19)13(10-14)2-1-3-17(23)20-11-15(22)12-21-6-8-24-9-7-21/h4-5,10,15,22H,1-3,6-9,11-12H2,(H,20,23). The van der Waals surface area contributed by atoms with Crippen molar-refractivity contribution in [1.82, 2.24) is 10.2 Å². The number of carbonyl (C=O) groups is 1. The Hall–Kier alpha value is -1.57. The van der Waals surface area contributed by atoms with Crippen LogP contribution in [0.4, 0.5) is 8.78 Å². The number of aliphatic hydroxyl groups excluding tert-OH is 1. The zero-order valence-electron chi connectivity index (χ0n) is 13.6. The maximum atomic E-state index is 13.5. The van der Waals surface area contributed by atoms with E-state index in [2.05, 4.69) is 10.2 Å². The van der Waals surface area contributed by atoms with E-state index in [0.29, 0.717) is 32.6 Å². The van der Waals surface area contributed by atoms with Crippen LogP contribution in [0.15, 0.2) is 18.2 Å². The molecule has 134 valence electrons. The molecule has 7 heteroatoms. The SMILES string of the molecule is O=C(CCCc1cc(F)ccc1F)NCC(O)CN1CCOCC1. The second-order valence-corrected chi connectivity index (χ2v) is 5.96. The van der Waals surface area contributed by atoms with Crippen molar-refractivity contribution >= 4 is 5.91 Å². The molecule has 5 nitrogen and oxygen atoms in total. The van der Waals surface area contributed by atoms with Gasteiger partial charge in [0.05, 0.1) is 19.3 Å². The van der Waals surface area contributed by atoms with Crippen LogP contribution in [0.25, 0.3) is 0 Å². The predicted octanol–water partition coefficient (Wildman–Crippen LogP) is 1.10. The molecular formula is C17H24F2N2O3. The minimum atomic E-state index is -0.632. The number of aliphatic hydroxyl groups is 1. The fraction of sp³-hybridized carbons (Fsp3) is 0.588. The van der Waals surface area contributed by atoms with Crippen LogP contribution in [-0.2, 0) is 16.0 Å². The normalized spacial score (nSPS) is 16.8. The van der Waals surface area contributed by atoms with Crippen molar-refractivity contribution in [2.45, 2.75) is 25.4 Å². The Kier molecular flexibility index (Phi) is 7.55. The van der Waals surface area contributed by atoms with E-state index < -0.39 is 17.7 Å². The summed E-state index contributed by atoms with van der Waals surface area (Å²) in [7, 11) is 0. The third-order valence-electron chi connectivity index (χ3n) is 3.97. The number of hydrogen-bond acceptors (Lipinski definition) is 4.